The number of allylic oxidation sites excluding steroid dienone is 3. The van der Waals surface area contributed by atoms with Crippen LogP contribution in [-0.2, 0) is 20.7 Å². The predicted molar refractivity (Wildman–Crippen MR) is 109 cm³/mol. The molecule has 4 N–H and O–H groups in total. The Morgan fingerprint density at radius 1 is 1.43 bits per heavy atom. The van der Waals surface area contributed by atoms with Gasteiger partial charge in [-0.3, -0.25) is 4.79 Å². The minimum absolute atomic E-state index is 0.146. The number of ether oxygens (including phenoxy) is 1. The fraction of sp³-hybridized carbons (Fsp3) is 0.429. The van der Waals surface area contributed by atoms with E-state index in [4.69, 9.17) is 10.5 Å². The molecule has 0 aromatic carbocycles. The van der Waals surface area contributed by atoms with Gasteiger partial charge < -0.3 is 20.9 Å². The van der Waals surface area contributed by atoms with Crippen molar-refractivity contribution in [2.24, 2.45) is 11.8 Å². The lowest BCUT2D eigenvalue weighted by Crippen LogP contribution is -2.69. The van der Waals surface area contributed by atoms with Crippen LogP contribution in [0.2, 0.25) is 0 Å². The Morgan fingerprint density at radius 2 is 2.17 bits per heavy atom. The van der Waals surface area contributed by atoms with Gasteiger partial charge >= 0.3 is 12.0 Å². The third-order valence-electron chi connectivity index (χ3n) is 5.63. The first-order chi connectivity index (χ1) is 14.2. The molecule has 30 heavy (non-hydrogen) atoms. The van der Waals surface area contributed by atoms with Gasteiger partial charge in [-0.25, -0.2) is 19.5 Å². The van der Waals surface area contributed by atoms with Crippen molar-refractivity contribution in [2.45, 2.75) is 38.8 Å². The SMILES string of the molecule is COC1=CC=C([C@@H](C)NC(=O)N2C(=O)[C@H](Cc3ccnc(N)c3)[C@H]2C(=O)O)C(C)C1. The molecule has 3 rings (SSSR count). The van der Waals surface area contributed by atoms with E-state index in [0.717, 1.165) is 16.2 Å². The van der Waals surface area contributed by atoms with Crippen molar-refractivity contribution in [1.82, 2.24) is 15.2 Å². The maximum Gasteiger partial charge on any atom is 0.327 e. The van der Waals surface area contributed by atoms with E-state index in [9.17, 15) is 19.5 Å². The molecule has 1 aliphatic heterocycles. The van der Waals surface area contributed by atoms with E-state index in [-0.39, 0.29) is 24.2 Å². The Bertz CT molecular complexity index is 926. The summed E-state index contributed by atoms with van der Waals surface area (Å²) >= 11 is 0. The zero-order chi connectivity index (χ0) is 22.0. The van der Waals surface area contributed by atoms with Crippen molar-refractivity contribution in [3.63, 3.8) is 0 Å². The normalized spacial score (nSPS) is 24.3. The molecule has 1 saturated heterocycles. The third kappa shape index (κ3) is 4.14. The van der Waals surface area contributed by atoms with Crippen molar-refractivity contribution in [3.05, 3.63) is 47.4 Å². The van der Waals surface area contributed by atoms with Gasteiger partial charge in [0.1, 0.15) is 5.82 Å². The molecule has 9 nitrogen and oxygen atoms in total. The van der Waals surface area contributed by atoms with Gasteiger partial charge in [0.05, 0.1) is 18.8 Å². The Kier molecular flexibility index (Phi) is 6.09. The molecule has 0 bridgehead atoms. The minimum Gasteiger partial charge on any atom is -0.501 e. The molecule has 1 aromatic rings. The molecular formula is C21H26N4O5. The van der Waals surface area contributed by atoms with Gasteiger partial charge in [-0.2, -0.15) is 0 Å². The van der Waals surface area contributed by atoms with Crippen molar-refractivity contribution in [1.29, 1.82) is 0 Å². The highest BCUT2D eigenvalue weighted by Crippen LogP contribution is 2.32. The van der Waals surface area contributed by atoms with Crippen LogP contribution in [0.15, 0.2) is 41.8 Å². The Morgan fingerprint density at radius 3 is 2.77 bits per heavy atom. The lowest BCUT2D eigenvalue weighted by Gasteiger charge is -2.43. The number of pyridine rings is 1. The van der Waals surface area contributed by atoms with Crippen molar-refractivity contribution in [3.8, 4) is 0 Å². The molecule has 1 aromatic heterocycles. The molecule has 160 valence electrons. The summed E-state index contributed by atoms with van der Waals surface area (Å²) < 4.78 is 5.26. The zero-order valence-corrected chi connectivity index (χ0v) is 17.2. The van der Waals surface area contributed by atoms with Crippen LogP contribution in [0.3, 0.4) is 0 Å². The van der Waals surface area contributed by atoms with Crippen LogP contribution in [0.4, 0.5) is 10.6 Å². The maximum atomic E-state index is 12.7. The van der Waals surface area contributed by atoms with Crippen LogP contribution < -0.4 is 11.1 Å². The number of nitrogens with zero attached hydrogens (tertiary/aromatic N) is 2. The largest absolute Gasteiger partial charge is 0.501 e. The molecular weight excluding hydrogens is 388 g/mol. The molecule has 0 saturated carbocycles. The summed E-state index contributed by atoms with van der Waals surface area (Å²) in [6.45, 7) is 3.83. The number of hydrogen-bond acceptors (Lipinski definition) is 6. The number of urea groups is 1. The van der Waals surface area contributed by atoms with Gasteiger partial charge in [0.25, 0.3) is 0 Å². The van der Waals surface area contributed by atoms with E-state index in [1.807, 2.05) is 26.0 Å². The van der Waals surface area contributed by atoms with E-state index < -0.39 is 29.9 Å². The van der Waals surface area contributed by atoms with Gasteiger partial charge in [-0.1, -0.05) is 13.0 Å². The number of imide groups is 1. The van der Waals surface area contributed by atoms with Gasteiger partial charge in [0.2, 0.25) is 5.91 Å². The third-order valence-corrected chi connectivity index (χ3v) is 5.63. The van der Waals surface area contributed by atoms with Gasteiger partial charge in [0, 0.05) is 18.7 Å². The topological polar surface area (TPSA) is 135 Å². The molecule has 1 fully saturated rings. The summed E-state index contributed by atoms with van der Waals surface area (Å²) in [5, 5.41) is 12.4. The Labute approximate surface area is 174 Å². The number of rotatable bonds is 6. The molecule has 0 radical (unpaired) electrons. The Balaban J connectivity index is 1.69. The van der Waals surface area contributed by atoms with Crippen LogP contribution >= 0.6 is 0 Å². The first-order valence-corrected chi connectivity index (χ1v) is 9.74. The molecule has 0 spiro atoms. The van der Waals surface area contributed by atoms with Crippen LogP contribution in [0.25, 0.3) is 0 Å². The molecule has 4 atom stereocenters. The highest BCUT2D eigenvalue weighted by molar-refractivity contribution is 6.07. The van der Waals surface area contributed by atoms with Gasteiger partial charge in [-0.05, 0) is 48.6 Å². The number of likely N-dealkylation sites (tertiary alicyclic amines) is 1. The summed E-state index contributed by atoms with van der Waals surface area (Å²) in [6.07, 6.45) is 6.12. The van der Waals surface area contributed by atoms with Crippen LogP contribution in [0.1, 0.15) is 25.8 Å². The number of methoxy groups -OCH3 is 1. The number of anilines is 1. The number of aromatic nitrogens is 1. The number of nitrogen functional groups attached to an aromatic ring is 1. The smallest absolute Gasteiger partial charge is 0.327 e. The van der Waals surface area contributed by atoms with E-state index in [1.54, 1.807) is 19.2 Å². The fourth-order valence-electron chi connectivity index (χ4n) is 4.03. The van der Waals surface area contributed by atoms with Crippen LogP contribution in [-0.4, -0.2) is 52.1 Å². The quantitative estimate of drug-likeness (QED) is 0.603. The number of hydrogen-bond donors (Lipinski definition) is 3. The fourth-order valence-corrected chi connectivity index (χ4v) is 4.03. The zero-order valence-electron chi connectivity index (χ0n) is 17.2. The second-order valence-corrected chi connectivity index (χ2v) is 7.67. The molecule has 1 unspecified atom stereocenters. The number of β-lactam (4-membered cyclic amide) rings is 1. The number of amides is 3. The number of nitrogens with two attached hydrogens (primary N) is 1. The lowest BCUT2D eigenvalue weighted by atomic mass is 9.82. The monoisotopic (exact) mass is 414 g/mol. The van der Waals surface area contributed by atoms with E-state index in [0.29, 0.717) is 12.0 Å². The average molecular weight is 414 g/mol. The summed E-state index contributed by atoms with van der Waals surface area (Å²) in [5.41, 5.74) is 7.32. The van der Waals surface area contributed by atoms with Crippen molar-refractivity contribution < 1.29 is 24.2 Å². The second-order valence-electron chi connectivity index (χ2n) is 7.67. The highest BCUT2D eigenvalue weighted by Gasteiger charge is 2.54. The van der Waals surface area contributed by atoms with Crippen molar-refractivity contribution >= 4 is 23.7 Å². The first kappa shape index (κ1) is 21.4. The maximum absolute atomic E-state index is 12.7. The highest BCUT2D eigenvalue weighted by atomic mass is 16.5. The van der Waals surface area contributed by atoms with Gasteiger partial charge in [-0.15, -0.1) is 0 Å². The first-order valence-electron chi connectivity index (χ1n) is 9.74. The number of carboxylic acids is 1. The number of carboxylic acid groups (broad SMARTS) is 1. The number of aliphatic carboxylic acids is 1. The summed E-state index contributed by atoms with van der Waals surface area (Å²) in [7, 11) is 1.61. The molecule has 2 aliphatic rings. The van der Waals surface area contributed by atoms with E-state index in [2.05, 4.69) is 10.3 Å². The minimum atomic E-state index is -1.23. The van der Waals surface area contributed by atoms with E-state index >= 15 is 0 Å². The Hall–Kier alpha value is -3.36. The van der Waals surface area contributed by atoms with Gasteiger partial charge in [0.15, 0.2) is 6.04 Å². The number of carbonyl (C=O) groups is 3. The summed E-state index contributed by atoms with van der Waals surface area (Å²) in [6, 6.07) is 0.974. The van der Waals surface area contributed by atoms with Crippen molar-refractivity contribution in [2.75, 3.05) is 12.8 Å². The second kappa shape index (κ2) is 8.56. The van der Waals surface area contributed by atoms with E-state index in [1.165, 1.54) is 6.20 Å². The molecule has 3 amide bonds. The average Bonchev–Trinajstić information content (AvgIpc) is 2.69. The molecule has 1 aliphatic carbocycles. The standard InChI is InChI=1S/C21H26N4O5/c1-11-8-14(30-3)4-5-15(11)12(2)24-21(29)25-18(20(27)28)16(19(25)26)9-13-6-7-23-17(22)10-13/h4-7,10-12,16,18H,8-9H2,1-3H3,(H2,22,23)(H,24,29)(H,27,28)/t11?,12-,16-,18+/m1/s1. The number of carbonyl (C=O) groups excluding carboxylic acids is 2. The van der Waals surface area contributed by atoms with Crippen LogP contribution in [0, 0.1) is 11.8 Å². The predicted octanol–water partition coefficient (Wildman–Crippen LogP) is 1.71. The lowest BCUT2D eigenvalue weighted by molar-refractivity contribution is -0.165. The molecule has 9 heteroatoms. The number of nitrogens with one attached hydrogen (secondary N) is 1. The molecule has 2 heterocycles. The summed E-state index contributed by atoms with van der Waals surface area (Å²) in [4.78, 5) is 41.8. The summed E-state index contributed by atoms with van der Waals surface area (Å²) in [5.74, 6) is -1.28. The van der Waals surface area contributed by atoms with Crippen LogP contribution in [0.5, 0.6) is 0 Å².